The molecule has 0 saturated carbocycles. The quantitative estimate of drug-likeness (QED) is 0.725. The Morgan fingerprint density at radius 1 is 1.35 bits per heavy atom. The van der Waals surface area contributed by atoms with Crippen LogP contribution in [-0.4, -0.2) is 15.5 Å². The van der Waals surface area contributed by atoms with E-state index in [4.69, 9.17) is 12.2 Å². The molecular weight excluding hydrogens is 234 g/mol. The number of hydrogen-bond acceptors (Lipinski definition) is 3. The number of carbonyl (C=O) groups is 1. The van der Waals surface area contributed by atoms with Crippen LogP contribution in [0.5, 0.6) is 0 Å². The molecule has 1 aromatic carbocycles. The Hall–Kier alpha value is -1.75. The molecule has 0 unspecified atom stereocenters. The lowest BCUT2D eigenvalue weighted by atomic mass is 10.1. The van der Waals surface area contributed by atoms with Gasteiger partial charge in [0.25, 0.3) is 5.91 Å². The Bertz CT molecular complexity index is 702. The van der Waals surface area contributed by atoms with Crippen LogP contribution in [-0.2, 0) is 10.3 Å². The molecule has 2 heterocycles. The topological polar surface area (TPSA) is 46.9 Å². The van der Waals surface area contributed by atoms with Gasteiger partial charge < -0.3 is 5.32 Å². The number of amides is 1. The van der Waals surface area contributed by atoms with Crippen molar-refractivity contribution in [3.8, 4) is 0 Å². The van der Waals surface area contributed by atoms with Crippen LogP contribution >= 0.6 is 12.2 Å². The maximum atomic E-state index is 11.9. The van der Waals surface area contributed by atoms with E-state index in [9.17, 15) is 4.79 Å². The molecule has 0 bridgehead atoms. The molecule has 1 N–H and O–H groups in total. The van der Waals surface area contributed by atoms with Crippen molar-refractivity contribution < 1.29 is 4.79 Å². The third-order valence-corrected chi connectivity index (χ3v) is 3.41. The van der Waals surface area contributed by atoms with Gasteiger partial charge in [-0.15, -0.1) is 0 Å². The highest BCUT2D eigenvalue weighted by Crippen LogP contribution is 2.34. The minimum Gasteiger partial charge on any atom is -0.309 e. The number of nitrogens with one attached hydrogen (secondary N) is 1. The first kappa shape index (κ1) is 10.4. The van der Waals surface area contributed by atoms with Crippen molar-refractivity contribution in [2.75, 3.05) is 5.32 Å². The first-order chi connectivity index (χ1) is 8.01. The third-order valence-electron chi connectivity index (χ3n) is 3.14. The molecule has 86 valence electrons. The van der Waals surface area contributed by atoms with Crippen LogP contribution in [0.3, 0.4) is 0 Å². The Kier molecular flexibility index (Phi) is 1.92. The summed E-state index contributed by atoms with van der Waals surface area (Å²) < 4.78 is 2.22. The van der Waals surface area contributed by atoms with Gasteiger partial charge in [0.1, 0.15) is 11.4 Å². The summed E-state index contributed by atoms with van der Waals surface area (Å²) in [6.07, 6.45) is 0. The van der Waals surface area contributed by atoms with Gasteiger partial charge in [0.05, 0.1) is 5.52 Å². The smallest absolute Gasteiger partial charge is 0.251 e. The Labute approximate surface area is 103 Å². The zero-order valence-electron chi connectivity index (χ0n) is 9.52. The first-order valence-corrected chi connectivity index (χ1v) is 5.76. The van der Waals surface area contributed by atoms with Gasteiger partial charge in [-0.2, -0.15) is 0 Å². The van der Waals surface area contributed by atoms with E-state index < -0.39 is 5.54 Å². The second-order valence-corrected chi connectivity index (χ2v) is 4.97. The van der Waals surface area contributed by atoms with Crippen molar-refractivity contribution in [1.29, 1.82) is 0 Å². The number of carbonyl (C=O) groups excluding carboxylic acids is 1. The van der Waals surface area contributed by atoms with E-state index in [1.807, 2.05) is 38.1 Å². The van der Waals surface area contributed by atoms with Crippen molar-refractivity contribution in [2.24, 2.45) is 0 Å². The normalized spacial score (nSPS) is 16.9. The molecule has 0 radical (unpaired) electrons. The number of aromatic nitrogens is 2. The summed E-state index contributed by atoms with van der Waals surface area (Å²) in [5, 5.41) is 3.81. The van der Waals surface area contributed by atoms with E-state index in [1.165, 1.54) is 0 Å². The molecule has 1 aromatic heterocycles. The minimum absolute atomic E-state index is 0.0539. The highest BCUT2D eigenvalue weighted by Gasteiger charge is 2.39. The highest BCUT2D eigenvalue weighted by molar-refractivity contribution is 7.71. The van der Waals surface area contributed by atoms with E-state index >= 15 is 0 Å². The number of para-hydroxylation sites is 1. The molecule has 0 atom stereocenters. The molecule has 17 heavy (non-hydrogen) atoms. The van der Waals surface area contributed by atoms with Crippen molar-refractivity contribution in [3.05, 3.63) is 29.0 Å². The fraction of sp³-hybridized carbons (Fsp3) is 0.250. The van der Waals surface area contributed by atoms with Gasteiger partial charge in [-0.25, -0.2) is 4.98 Å². The molecule has 0 aliphatic carbocycles. The largest absolute Gasteiger partial charge is 0.309 e. The maximum Gasteiger partial charge on any atom is 0.251 e. The van der Waals surface area contributed by atoms with Gasteiger partial charge in [0, 0.05) is 5.39 Å². The summed E-state index contributed by atoms with van der Waals surface area (Å²) in [6, 6.07) is 7.66. The Morgan fingerprint density at radius 2 is 2.06 bits per heavy atom. The number of nitrogens with zero attached hydrogens (tertiary/aromatic N) is 2. The summed E-state index contributed by atoms with van der Waals surface area (Å²) in [6.45, 7) is 3.68. The van der Waals surface area contributed by atoms with E-state index in [0.29, 0.717) is 4.77 Å². The molecular formula is C12H11N3OS. The van der Waals surface area contributed by atoms with Crippen molar-refractivity contribution >= 4 is 34.8 Å². The standard InChI is InChI=1S/C12H11N3OS/c1-12(2)10(16)14-9-7-5-3-4-6-8(7)13-11(17)15(9)12/h3-6H,1-2H3,(H,14,16). The second-order valence-electron chi connectivity index (χ2n) is 4.61. The Morgan fingerprint density at radius 3 is 2.82 bits per heavy atom. The minimum atomic E-state index is -0.677. The van der Waals surface area contributed by atoms with Crippen LogP contribution in [0.15, 0.2) is 24.3 Å². The lowest BCUT2D eigenvalue weighted by Crippen LogP contribution is -2.32. The summed E-state index contributed by atoms with van der Waals surface area (Å²) in [5.41, 5.74) is 0.130. The molecule has 5 heteroatoms. The van der Waals surface area contributed by atoms with Crippen LogP contribution < -0.4 is 5.32 Å². The number of benzene rings is 1. The molecule has 1 aliphatic heterocycles. The zero-order valence-corrected chi connectivity index (χ0v) is 10.3. The summed E-state index contributed by atoms with van der Waals surface area (Å²) in [4.78, 5) is 16.3. The summed E-state index contributed by atoms with van der Waals surface area (Å²) >= 11 is 5.27. The van der Waals surface area contributed by atoms with Gasteiger partial charge in [0.2, 0.25) is 4.77 Å². The van der Waals surface area contributed by atoms with E-state index in [1.54, 1.807) is 4.57 Å². The molecule has 4 nitrogen and oxygen atoms in total. The van der Waals surface area contributed by atoms with Crippen LogP contribution in [0, 0.1) is 4.77 Å². The van der Waals surface area contributed by atoms with Gasteiger partial charge in [0.15, 0.2) is 0 Å². The molecule has 3 rings (SSSR count). The van der Waals surface area contributed by atoms with Crippen molar-refractivity contribution in [3.63, 3.8) is 0 Å². The fourth-order valence-electron chi connectivity index (χ4n) is 2.14. The SMILES string of the molecule is CC1(C)C(=O)Nc2c3ccccc3nc(=S)n21. The molecule has 1 aliphatic rings. The average Bonchev–Trinajstić information content (AvgIpc) is 2.51. The summed E-state index contributed by atoms with van der Waals surface area (Å²) in [5.74, 6) is 0.692. The van der Waals surface area contributed by atoms with Crippen LogP contribution in [0.1, 0.15) is 13.8 Å². The van der Waals surface area contributed by atoms with Crippen LogP contribution in [0.2, 0.25) is 0 Å². The highest BCUT2D eigenvalue weighted by atomic mass is 32.1. The van der Waals surface area contributed by atoms with Crippen molar-refractivity contribution in [1.82, 2.24) is 9.55 Å². The van der Waals surface area contributed by atoms with Gasteiger partial charge in [-0.1, -0.05) is 12.1 Å². The zero-order chi connectivity index (χ0) is 12.2. The monoisotopic (exact) mass is 245 g/mol. The van der Waals surface area contributed by atoms with Gasteiger partial charge >= 0.3 is 0 Å². The predicted octanol–water partition coefficient (Wildman–Crippen LogP) is 2.45. The Balaban J connectivity index is 2.51. The van der Waals surface area contributed by atoms with Crippen LogP contribution in [0.25, 0.3) is 10.9 Å². The average molecular weight is 245 g/mol. The first-order valence-electron chi connectivity index (χ1n) is 5.35. The van der Waals surface area contributed by atoms with E-state index in [0.717, 1.165) is 16.7 Å². The number of fused-ring (bicyclic) bond motifs is 3. The number of hydrogen-bond donors (Lipinski definition) is 1. The molecule has 2 aromatic rings. The lowest BCUT2D eigenvalue weighted by molar-refractivity contribution is -0.121. The van der Waals surface area contributed by atoms with E-state index in [-0.39, 0.29) is 5.91 Å². The van der Waals surface area contributed by atoms with Gasteiger partial charge in [-0.05, 0) is 38.2 Å². The van der Waals surface area contributed by atoms with Crippen LogP contribution in [0.4, 0.5) is 5.82 Å². The van der Waals surface area contributed by atoms with Crippen molar-refractivity contribution in [2.45, 2.75) is 19.4 Å². The molecule has 1 amide bonds. The van der Waals surface area contributed by atoms with Gasteiger partial charge in [-0.3, -0.25) is 9.36 Å². The maximum absolute atomic E-state index is 11.9. The predicted molar refractivity (Wildman–Crippen MR) is 68.5 cm³/mol. The molecule has 0 saturated heterocycles. The van der Waals surface area contributed by atoms with E-state index in [2.05, 4.69) is 10.3 Å². The third kappa shape index (κ3) is 1.26. The molecule has 0 fully saturated rings. The lowest BCUT2D eigenvalue weighted by Gasteiger charge is -2.18. The summed E-state index contributed by atoms with van der Waals surface area (Å²) in [7, 11) is 0. The number of anilines is 1. The second kappa shape index (κ2) is 3.13. The fourth-order valence-corrected chi connectivity index (χ4v) is 2.56. The number of rotatable bonds is 0. The molecule has 0 spiro atoms.